The van der Waals surface area contributed by atoms with Gasteiger partial charge in [-0.15, -0.1) is 0 Å². The van der Waals surface area contributed by atoms with Crippen LogP contribution in [0.3, 0.4) is 0 Å². The smallest absolute Gasteiger partial charge is 0.260 e. The van der Waals surface area contributed by atoms with Gasteiger partial charge in [-0.2, -0.15) is 0 Å². The summed E-state index contributed by atoms with van der Waals surface area (Å²) in [4.78, 5) is 16.5. The summed E-state index contributed by atoms with van der Waals surface area (Å²) in [5, 5.41) is 16.3. The monoisotopic (exact) mass is 421 g/mol. The van der Waals surface area contributed by atoms with Gasteiger partial charge in [-0.1, -0.05) is 41.4 Å². The van der Waals surface area contributed by atoms with Crippen LogP contribution in [-0.4, -0.2) is 22.3 Å². The molecule has 0 spiro atoms. The van der Waals surface area contributed by atoms with Gasteiger partial charge < -0.3 is 15.7 Å². The van der Waals surface area contributed by atoms with E-state index in [1.807, 2.05) is 25.1 Å². The highest BCUT2D eigenvalue weighted by atomic mass is 35.5. The molecule has 0 atom stereocenters. The first-order chi connectivity index (χ1) is 12.8. The molecular weight excluding hydrogens is 405 g/mol. The van der Waals surface area contributed by atoms with Crippen LogP contribution in [0.2, 0.25) is 10.0 Å². The SMILES string of the molecule is C/C(O)=C(/C=N\C(=S)Nc1ccc(Cl)c(Cl)c1)C(=O)Nc1ccccc1C. The van der Waals surface area contributed by atoms with E-state index >= 15 is 0 Å². The number of aryl methyl sites for hydroxylation is 1. The highest BCUT2D eigenvalue weighted by Gasteiger charge is 2.12. The van der Waals surface area contributed by atoms with E-state index in [4.69, 9.17) is 35.4 Å². The van der Waals surface area contributed by atoms with Gasteiger partial charge in [0.1, 0.15) is 5.76 Å². The Bertz CT molecular complexity index is 938. The molecule has 27 heavy (non-hydrogen) atoms. The third kappa shape index (κ3) is 6.06. The number of carbonyl (C=O) groups is 1. The molecule has 0 saturated carbocycles. The fraction of sp³-hybridized carbons (Fsp3) is 0.105. The number of allylic oxidation sites excluding steroid dienone is 1. The number of para-hydroxylation sites is 1. The van der Waals surface area contributed by atoms with E-state index in [1.54, 1.807) is 24.3 Å². The summed E-state index contributed by atoms with van der Waals surface area (Å²) in [7, 11) is 0. The summed E-state index contributed by atoms with van der Waals surface area (Å²) in [6, 6.07) is 12.2. The van der Waals surface area contributed by atoms with Gasteiger partial charge in [0.15, 0.2) is 5.11 Å². The zero-order chi connectivity index (χ0) is 20.0. The van der Waals surface area contributed by atoms with Crippen LogP contribution >= 0.6 is 35.4 Å². The Morgan fingerprint density at radius 2 is 1.85 bits per heavy atom. The first-order valence-electron chi connectivity index (χ1n) is 7.85. The van der Waals surface area contributed by atoms with Crippen LogP contribution < -0.4 is 10.6 Å². The third-order valence-electron chi connectivity index (χ3n) is 3.51. The van der Waals surface area contributed by atoms with Crippen molar-refractivity contribution in [2.75, 3.05) is 10.6 Å². The number of nitrogens with zero attached hydrogens (tertiary/aromatic N) is 1. The average Bonchev–Trinajstić information content (AvgIpc) is 2.60. The Morgan fingerprint density at radius 1 is 1.15 bits per heavy atom. The predicted octanol–water partition coefficient (Wildman–Crippen LogP) is 5.54. The van der Waals surface area contributed by atoms with Gasteiger partial charge in [0.25, 0.3) is 5.91 Å². The standard InChI is InChI=1S/C19H17Cl2N3O2S/c1-11-5-3-4-6-17(11)24-18(26)14(12(2)25)10-22-19(27)23-13-7-8-15(20)16(21)9-13/h3-10,25H,1-2H3,(H,23,27)(H,24,26)/b14-12+,22-10-. The molecule has 1 amide bonds. The lowest BCUT2D eigenvalue weighted by atomic mass is 10.2. The highest BCUT2D eigenvalue weighted by Crippen LogP contribution is 2.25. The van der Waals surface area contributed by atoms with Crippen molar-refractivity contribution in [1.29, 1.82) is 0 Å². The van der Waals surface area contributed by atoms with Crippen molar-refractivity contribution in [2.24, 2.45) is 4.99 Å². The second kappa shape index (κ2) is 9.50. The Kier molecular flexibility index (Phi) is 7.36. The largest absolute Gasteiger partial charge is 0.512 e. The van der Waals surface area contributed by atoms with Gasteiger partial charge in [-0.25, -0.2) is 4.99 Å². The van der Waals surface area contributed by atoms with E-state index in [9.17, 15) is 9.90 Å². The molecule has 2 aromatic rings. The van der Waals surface area contributed by atoms with Crippen molar-refractivity contribution in [1.82, 2.24) is 0 Å². The van der Waals surface area contributed by atoms with Gasteiger partial charge in [-0.05, 0) is 55.9 Å². The Balaban J connectivity index is 2.09. The average molecular weight is 422 g/mol. The van der Waals surface area contributed by atoms with Crippen LogP contribution in [-0.2, 0) is 4.79 Å². The molecule has 0 heterocycles. The number of thiocarbonyl (C=S) groups is 1. The number of hydrogen-bond acceptors (Lipinski definition) is 3. The van der Waals surface area contributed by atoms with Crippen LogP contribution in [0, 0.1) is 6.92 Å². The molecule has 0 unspecified atom stereocenters. The molecule has 0 fully saturated rings. The van der Waals surface area contributed by atoms with Crippen LogP contribution in [0.4, 0.5) is 11.4 Å². The lowest BCUT2D eigenvalue weighted by molar-refractivity contribution is -0.112. The van der Waals surface area contributed by atoms with E-state index in [1.165, 1.54) is 13.1 Å². The molecule has 0 radical (unpaired) electrons. The van der Waals surface area contributed by atoms with E-state index < -0.39 is 5.91 Å². The minimum atomic E-state index is -0.495. The van der Waals surface area contributed by atoms with Crippen molar-refractivity contribution in [3.63, 3.8) is 0 Å². The number of aliphatic hydroxyl groups excluding tert-OH is 1. The number of benzene rings is 2. The number of hydrogen-bond donors (Lipinski definition) is 3. The number of nitrogens with one attached hydrogen (secondary N) is 2. The maximum absolute atomic E-state index is 12.4. The number of halogens is 2. The number of anilines is 2. The fourth-order valence-electron chi connectivity index (χ4n) is 2.07. The molecule has 2 aromatic carbocycles. The molecular formula is C19H17Cl2N3O2S. The topological polar surface area (TPSA) is 73.7 Å². The number of aliphatic imine (C=N–C) groups is 1. The second-order valence-corrected chi connectivity index (χ2v) is 6.79. The number of rotatable bonds is 4. The Labute approximate surface area is 172 Å². The zero-order valence-corrected chi connectivity index (χ0v) is 16.9. The molecule has 5 nitrogen and oxygen atoms in total. The maximum atomic E-state index is 12.4. The van der Waals surface area contributed by atoms with Crippen LogP contribution in [0.15, 0.2) is 58.8 Å². The minimum Gasteiger partial charge on any atom is -0.512 e. The van der Waals surface area contributed by atoms with Crippen molar-refractivity contribution in [2.45, 2.75) is 13.8 Å². The quantitative estimate of drug-likeness (QED) is 0.262. The van der Waals surface area contributed by atoms with Crippen LogP contribution in [0.25, 0.3) is 0 Å². The summed E-state index contributed by atoms with van der Waals surface area (Å²) >= 11 is 17.0. The predicted molar refractivity (Wildman–Crippen MR) is 116 cm³/mol. The zero-order valence-electron chi connectivity index (χ0n) is 14.6. The third-order valence-corrected chi connectivity index (χ3v) is 4.46. The number of carbonyl (C=O) groups excluding carboxylic acids is 1. The van der Waals surface area contributed by atoms with Crippen molar-refractivity contribution in [3.8, 4) is 0 Å². The summed E-state index contributed by atoms with van der Waals surface area (Å²) in [6.45, 7) is 3.27. The fourth-order valence-corrected chi connectivity index (χ4v) is 2.54. The molecule has 140 valence electrons. The van der Waals surface area contributed by atoms with Gasteiger partial charge in [0, 0.05) is 17.6 Å². The molecule has 0 saturated heterocycles. The van der Waals surface area contributed by atoms with Gasteiger partial charge >= 0.3 is 0 Å². The first-order valence-corrected chi connectivity index (χ1v) is 9.01. The summed E-state index contributed by atoms with van der Waals surface area (Å²) < 4.78 is 0. The molecule has 0 aliphatic carbocycles. The van der Waals surface area contributed by atoms with E-state index in [0.29, 0.717) is 21.4 Å². The van der Waals surface area contributed by atoms with Crippen molar-refractivity contribution in [3.05, 3.63) is 69.4 Å². The van der Waals surface area contributed by atoms with E-state index in [0.717, 1.165) is 5.56 Å². The Hall–Kier alpha value is -2.41. The minimum absolute atomic E-state index is 0.00320. The molecule has 0 bridgehead atoms. The molecule has 2 rings (SSSR count). The van der Waals surface area contributed by atoms with Crippen molar-refractivity contribution < 1.29 is 9.90 Å². The number of amides is 1. The first kappa shape index (κ1) is 20.9. The summed E-state index contributed by atoms with van der Waals surface area (Å²) in [6.07, 6.45) is 1.20. The van der Waals surface area contributed by atoms with E-state index in [2.05, 4.69) is 15.6 Å². The van der Waals surface area contributed by atoms with E-state index in [-0.39, 0.29) is 16.4 Å². The Morgan fingerprint density at radius 3 is 2.48 bits per heavy atom. The molecule has 0 aromatic heterocycles. The highest BCUT2D eigenvalue weighted by molar-refractivity contribution is 7.80. The molecule has 0 aliphatic heterocycles. The maximum Gasteiger partial charge on any atom is 0.260 e. The lowest BCUT2D eigenvalue weighted by Gasteiger charge is -2.09. The molecule has 3 N–H and O–H groups in total. The van der Waals surface area contributed by atoms with Gasteiger partial charge in [0.2, 0.25) is 0 Å². The van der Waals surface area contributed by atoms with Gasteiger partial charge in [-0.3, -0.25) is 4.79 Å². The van der Waals surface area contributed by atoms with Gasteiger partial charge in [0.05, 0.1) is 15.6 Å². The molecule has 0 aliphatic rings. The lowest BCUT2D eigenvalue weighted by Crippen LogP contribution is -2.18. The summed E-state index contributed by atoms with van der Waals surface area (Å²) in [5.41, 5.74) is 2.14. The summed E-state index contributed by atoms with van der Waals surface area (Å²) in [5.74, 6) is -0.674. The molecule has 8 heteroatoms. The van der Waals surface area contributed by atoms with Crippen molar-refractivity contribution >= 4 is 64.0 Å². The van der Waals surface area contributed by atoms with Crippen LogP contribution in [0.5, 0.6) is 0 Å². The normalized spacial score (nSPS) is 11.9. The number of aliphatic hydroxyl groups is 1. The van der Waals surface area contributed by atoms with Crippen LogP contribution in [0.1, 0.15) is 12.5 Å². The second-order valence-electron chi connectivity index (χ2n) is 5.59.